The van der Waals surface area contributed by atoms with Gasteiger partial charge in [0.2, 0.25) is 0 Å². The van der Waals surface area contributed by atoms with Crippen LogP contribution in [0.4, 0.5) is 0 Å². The lowest BCUT2D eigenvalue weighted by atomic mass is 9.95. The molecule has 5 nitrogen and oxygen atoms in total. The Morgan fingerprint density at radius 1 is 1.04 bits per heavy atom. The number of rotatable bonds is 6. The number of nitrogens with zero attached hydrogens (tertiary/aromatic N) is 2. The molecule has 2 aliphatic rings. The van der Waals surface area contributed by atoms with Crippen molar-refractivity contribution in [3.8, 4) is 5.75 Å². The maximum Gasteiger partial charge on any atom is 0.319 e. The van der Waals surface area contributed by atoms with Gasteiger partial charge in [-0.2, -0.15) is 0 Å². The predicted molar refractivity (Wildman–Crippen MR) is 108 cm³/mol. The summed E-state index contributed by atoms with van der Waals surface area (Å²) in [5.41, 5.74) is 0. The molecule has 0 saturated carbocycles. The first-order valence-electron chi connectivity index (χ1n) is 9.66. The van der Waals surface area contributed by atoms with E-state index in [0.29, 0.717) is 22.5 Å². The number of methoxy groups -OCH3 is 1. The van der Waals surface area contributed by atoms with Gasteiger partial charge in [0.05, 0.1) is 23.7 Å². The van der Waals surface area contributed by atoms with Gasteiger partial charge in [-0.05, 0) is 56.8 Å². The van der Waals surface area contributed by atoms with Gasteiger partial charge in [0.25, 0.3) is 0 Å². The summed E-state index contributed by atoms with van der Waals surface area (Å²) in [6.07, 6.45) is 4.59. The molecule has 0 aliphatic carbocycles. The Morgan fingerprint density at radius 3 is 2.33 bits per heavy atom. The Balaban J connectivity index is 1.36. The lowest BCUT2D eigenvalue weighted by Gasteiger charge is -2.37. The van der Waals surface area contributed by atoms with E-state index in [2.05, 4.69) is 9.80 Å². The van der Waals surface area contributed by atoms with Crippen molar-refractivity contribution in [2.75, 3.05) is 46.4 Å². The third-order valence-electron chi connectivity index (χ3n) is 5.53. The summed E-state index contributed by atoms with van der Waals surface area (Å²) < 4.78 is 10.8. The van der Waals surface area contributed by atoms with Gasteiger partial charge in [-0.3, -0.25) is 9.69 Å². The van der Waals surface area contributed by atoms with Crippen LogP contribution in [-0.4, -0.2) is 68.3 Å². The van der Waals surface area contributed by atoms with Crippen molar-refractivity contribution in [1.82, 2.24) is 9.80 Å². The van der Waals surface area contributed by atoms with Gasteiger partial charge in [-0.1, -0.05) is 23.2 Å². The fourth-order valence-corrected chi connectivity index (χ4v) is 4.18. The van der Waals surface area contributed by atoms with Crippen molar-refractivity contribution in [3.05, 3.63) is 28.2 Å². The zero-order chi connectivity index (χ0) is 19.2. The molecule has 0 amide bonds. The van der Waals surface area contributed by atoms with Crippen LogP contribution in [0.25, 0.3) is 0 Å². The lowest BCUT2D eigenvalue weighted by molar-refractivity contribution is -0.142. The summed E-state index contributed by atoms with van der Waals surface area (Å²) in [6.45, 7) is 5.66. The fourth-order valence-electron chi connectivity index (χ4n) is 3.89. The number of piperidine rings is 2. The summed E-state index contributed by atoms with van der Waals surface area (Å²) >= 11 is 12.0. The van der Waals surface area contributed by atoms with Crippen LogP contribution in [0.5, 0.6) is 5.75 Å². The van der Waals surface area contributed by atoms with E-state index in [4.69, 9.17) is 32.7 Å². The van der Waals surface area contributed by atoms with E-state index in [1.807, 2.05) is 6.07 Å². The maximum atomic E-state index is 11.4. The van der Waals surface area contributed by atoms with E-state index < -0.39 is 0 Å². The Hall–Kier alpha value is -1.01. The van der Waals surface area contributed by atoms with Crippen LogP contribution < -0.4 is 4.74 Å². The summed E-state index contributed by atoms with van der Waals surface area (Å²) in [6, 6.07) is 5.45. The van der Waals surface area contributed by atoms with Crippen LogP contribution in [0.1, 0.15) is 25.7 Å². The van der Waals surface area contributed by atoms with Crippen LogP contribution in [0.2, 0.25) is 10.0 Å². The van der Waals surface area contributed by atoms with Gasteiger partial charge in [0.1, 0.15) is 11.9 Å². The molecule has 0 bridgehead atoms. The minimum atomic E-state index is -0.141. The van der Waals surface area contributed by atoms with Crippen molar-refractivity contribution < 1.29 is 14.3 Å². The third kappa shape index (κ3) is 6.24. The topological polar surface area (TPSA) is 42.0 Å². The molecule has 1 aromatic rings. The maximum absolute atomic E-state index is 11.4. The molecular weight excluding hydrogens is 387 g/mol. The lowest BCUT2D eigenvalue weighted by Crippen LogP contribution is -2.44. The first kappa shape index (κ1) is 20.7. The number of benzene rings is 1. The Bertz CT molecular complexity index is 628. The highest BCUT2D eigenvalue weighted by Crippen LogP contribution is 2.28. The fraction of sp³-hybridized carbons (Fsp3) is 0.650. The standard InChI is InChI=1S/C20H28Cl2N2O3/c1-26-20(25)14-24-8-4-15(5-9-24)13-23-10-6-16(7-11-23)27-17-2-3-18(21)19(22)12-17/h2-3,12,15-16H,4-11,13-14H2,1H3. The van der Waals surface area contributed by atoms with E-state index in [9.17, 15) is 4.79 Å². The monoisotopic (exact) mass is 414 g/mol. The molecule has 0 unspecified atom stereocenters. The van der Waals surface area contributed by atoms with Crippen molar-refractivity contribution in [1.29, 1.82) is 0 Å². The highest BCUT2D eigenvalue weighted by atomic mass is 35.5. The smallest absolute Gasteiger partial charge is 0.319 e. The molecule has 1 aromatic carbocycles. The number of carbonyl (C=O) groups excluding carboxylic acids is 1. The molecular formula is C20H28Cl2N2O3. The summed E-state index contributed by atoms with van der Waals surface area (Å²) in [7, 11) is 1.45. The molecule has 27 heavy (non-hydrogen) atoms. The first-order valence-corrected chi connectivity index (χ1v) is 10.4. The highest BCUT2D eigenvalue weighted by molar-refractivity contribution is 6.42. The van der Waals surface area contributed by atoms with E-state index in [-0.39, 0.29) is 12.1 Å². The minimum Gasteiger partial charge on any atom is -0.490 e. The molecule has 0 aromatic heterocycles. The van der Waals surface area contributed by atoms with Crippen LogP contribution >= 0.6 is 23.2 Å². The van der Waals surface area contributed by atoms with E-state index >= 15 is 0 Å². The molecule has 7 heteroatoms. The van der Waals surface area contributed by atoms with Crippen molar-refractivity contribution in [3.63, 3.8) is 0 Å². The molecule has 0 atom stereocenters. The summed E-state index contributed by atoms with van der Waals surface area (Å²) in [5.74, 6) is 1.37. The minimum absolute atomic E-state index is 0.141. The summed E-state index contributed by atoms with van der Waals surface area (Å²) in [5, 5.41) is 1.08. The molecule has 2 fully saturated rings. The van der Waals surface area contributed by atoms with Gasteiger partial charge < -0.3 is 14.4 Å². The van der Waals surface area contributed by atoms with Gasteiger partial charge in [-0.15, -0.1) is 0 Å². The predicted octanol–water partition coefficient (Wildman–Crippen LogP) is 3.72. The molecule has 2 saturated heterocycles. The van der Waals surface area contributed by atoms with Crippen LogP contribution in [0.15, 0.2) is 18.2 Å². The van der Waals surface area contributed by atoms with Crippen LogP contribution in [0.3, 0.4) is 0 Å². The largest absolute Gasteiger partial charge is 0.490 e. The number of esters is 1. The quantitative estimate of drug-likeness (QED) is 0.663. The van der Waals surface area contributed by atoms with Gasteiger partial charge in [0, 0.05) is 25.7 Å². The zero-order valence-corrected chi connectivity index (χ0v) is 17.3. The number of carbonyl (C=O) groups is 1. The molecule has 3 rings (SSSR count). The number of likely N-dealkylation sites (tertiary alicyclic amines) is 2. The second-order valence-corrected chi connectivity index (χ2v) is 8.30. The van der Waals surface area contributed by atoms with Crippen molar-refractivity contribution in [2.45, 2.75) is 31.8 Å². The normalized spacial score (nSPS) is 20.6. The molecule has 0 N–H and O–H groups in total. The summed E-state index contributed by atoms with van der Waals surface area (Å²) in [4.78, 5) is 16.1. The number of halogens is 2. The Kier molecular flexibility index (Phi) is 7.65. The number of hydrogen-bond donors (Lipinski definition) is 0. The molecule has 2 aliphatic heterocycles. The SMILES string of the molecule is COC(=O)CN1CCC(CN2CCC(Oc3ccc(Cl)c(Cl)c3)CC2)CC1. The average Bonchev–Trinajstić information content (AvgIpc) is 2.68. The molecule has 150 valence electrons. The Labute approximate surface area is 171 Å². The van der Waals surface area contributed by atoms with Gasteiger partial charge >= 0.3 is 5.97 Å². The van der Waals surface area contributed by atoms with Gasteiger partial charge in [-0.25, -0.2) is 0 Å². The molecule has 0 radical (unpaired) electrons. The van der Waals surface area contributed by atoms with Crippen molar-refractivity contribution >= 4 is 29.2 Å². The van der Waals surface area contributed by atoms with Crippen LogP contribution in [-0.2, 0) is 9.53 Å². The second-order valence-electron chi connectivity index (χ2n) is 7.49. The number of ether oxygens (including phenoxy) is 2. The van der Waals surface area contributed by atoms with Crippen LogP contribution in [0, 0.1) is 5.92 Å². The van der Waals surface area contributed by atoms with Gasteiger partial charge in [0.15, 0.2) is 0 Å². The Morgan fingerprint density at radius 2 is 1.70 bits per heavy atom. The van der Waals surface area contributed by atoms with E-state index in [1.165, 1.54) is 7.11 Å². The number of hydrogen-bond acceptors (Lipinski definition) is 5. The second kappa shape index (κ2) is 9.97. The highest BCUT2D eigenvalue weighted by Gasteiger charge is 2.26. The third-order valence-corrected chi connectivity index (χ3v) is 6.27. The zero-order valence-electron chi connectivity index (χ0n) is 15.8. The molecule has 0 spiro atoms. The van der Waals surface area contributed by atoms with E-state index in [1.54, 1.807) is 12.1 Å². The first-order chi connectivity index (χ1) is 13.0. The van der Waals surface area contributed by atoms with Crippen molar-refractivity contribution in [2.24, 2.45) is 5.92 Å². The molecule has 2 heterocycles. The van der Waals surface area contributed by atoms with E-state index in [0.717, 1.165) is 64.2 Å². The average molecular weight is 415 g/mol.